The van der Waals surface area contributed by atoms with Crippen molar-refractivity contribution in [1.29, 1.82) is 0 Å². The second-order valence-corrected chi connectivity index (χ2v) is 21.5. The van der Waals surface area contributed by atoms with Crippen LogP contribution in [-0.2, 0) is 19.1 Å². The van der Waals surface area contributed by atoms with Gasteiger partial charge in [0.25, 0.3) is 0 Å². The maximum absolute atomic E-state index is 17.0. The molecule has 4 aromatic heterocycles. The van der Waals surface area contributed by atoms with Crippen LogP contribution in [-0.4, -0.2) is 102 Å². The number of hydrogen-bond acceptors (Lipinski definition) is 11. The lowest BCUT2D eigenvalue weighted by atomic mass is 10.0. The largest absolute Gasteiger partial charge is 0.464 e. The van der Waals surface area contributed by atoms with Crippen LogP contribution in [0.4, 0.5) is 14.0 Å². The van der Waals surface area contributed by atoms with Crippen LogP contribution >= 0.6 is 11.3 Å². The highest BCUT2D eigenvalue weighted by molar-refractivity contribution is 7.11. The number of likely N-dealkylation sites (tertiary alicyclic amines) is 2. The van der Waals surface area contributed by atoms with Gasteiger partial charge in [0, 0.05) is 41.2 Å². The Morgan fingerprint density at radius 1 is 0.789 bits per heavy atom. The molecule has 2 unspecified atom stereocenters. The van der Waals surface area contributed by atoms with E-state index in [2.05, 4.69) is 31.2 Å². The van der Waals surface area contributed by atoms with Gasteiger partial charge < -0.3 is 44.6 Å². The predicted octanol–water partition coefficient (Wildman–Crippen LogP) is 9.37. The maximum atomic E-state index is 17.0. The van der Waals surface area contributed by atoms with Crippen molar-refractivity contribution in [1.82, 2.24) is 49.9 Å². The van der Waals surface area contributed by atoms with Crippen molar-refractivity contribution in [2.75, 3.05) is 20.8 Å². The van der Waals surface area contributed by atoms with Gasteiger partial charge in [-0.3, -0.25) is 14.2 Å². The first-order valence-corrected chi connectivity index (χ1v) is 25.6. The normalized spacial score (nSPS) is 22.3. The minimum Gasteiger partial charge on any atom is -0.464 e. The van der Waals surface area contributed by atoms with Crippen LogP contribution < -0.4 is 15.4 Å². The molecular weight excluding hydrogens is 928 g/mol. The van der Waals surface area contributed by atoms with E-state index in [0.717, 1.165) is 64.1 Å². The molecule has 0 spiro atoms. The van der Waals surface area contributed by atoms with Gasteiger partial charge in [-0.2, -0.15) is 0 Å². The van der Waals surface area contributed by atoms with Crippen molar-refractivity contribution in [2.45, 2.75) is 121 Å². The van der Waals surface area contributed by atoms with Crippen LogP contribution in [0.25, 0.3) is 44.7 Å². The van der Waals surface area contributed by atoms with Crippen molar-refractivity contribution >= 4 is 46.2 Å². The first-order chi connectivity index (χ1) is 34.3. The highest BCUT2D eigenvalue weighted by Gasteiger charge is 2.56. The summed E-state index contributed by atoms with van der Waals surface area (Å²) < 4.78 is 35.7. The summed E-state index contributed by atoms with van der Waals surface area (Å²) in [4.78, 5) is 78.3. The fraction of sp³-hybridized carbons (Fsp3) is 0.481. The molecule has 3 aliphatic heterocycles. The Labute approximate surface area is 414 Å². The van der Waals surface area contributed by atoms with E-state index in [0.29, 0.717) is 64.7 Å². The minimum absolute atomic E-state index is 0.104. The van der Waals surface area contributed by atoms with Crippen molar-refractivity contribution < 1.29 is 37.8 Å². The highest BCUT2D eigenvalue weighted by atomic mass is 32.1. The summed E-state index contributed by atoms with van der Waals surface area (Å²) >= 11 is 1.65. The summed E-state index contributed by atoms with van der Waals surface area (Å²) in [6.07, 6.45) is 11.1. The molecule has 71 heavy (non-hydrogen) atoms. The number of methoxy groups -OCH3 is 2. The number of fused-ring (bicyclic) bond motifs is 6. The van der Waals surface area contributed by atoms with Crippen LogP contribution in [0.1, 0.15) is 125 Å². The molecule has 2 saturated carbocycles. The number of aromatic amines is 2. The Balaban J connectivity index is 0.916. The van der Waals surface area contributed by atoms with Gasteiger partial charge in [0.2, 0.25) is 18.0 Å². The number of alkyl carbamates (subject to hydrolysis) is 2. The number of aromatic nitrogens is 6. The fourth-order valence-corrected chi connectivity index (χ4v) is 12.5. The fourth-order valence-electron chi connectivity index (χ4n) is 11.4. The molecule has 5 aliphatic rings. The SMILES string of the molecule is COC(=O)NC(C(=O)N1[C@@H]2C[C@@H]2C[C@H]1c1ncc(-c2ccc3c(c2)cc2n3C(c3cnc(C4CCCC4)s3)Oc3cc(-c4cnc([C@@H]5CCCN5C(=O)[C@@H](NC(=O)OC)C(C)C)[nH]4)cc(F)c3-2)[nH]1)C(C)C. The molecule has 4 fully saturated rings. The second-order valence-electron chi connectivity index (χ2n) is 20.4. The van der Waals surface area contributed by atoms with E-state index < -0.39 is 36.3 Å². The smallest absolute Gasteiger partial charge is 0.407 e. The summed E-state index contributed by atoms with van der Waals surface area (Å²) in [7, 11) is 2.56. The van der Waals surface area contributed by atoms with Crippen LogP contribution in [0.15, 0.2) is 55.0 Å². The number of ether oxygens (including phenoxy) is 3. The van der Waals surface area contributed by atoms with Gasteiger partial charge in [0.15, 0.2) is 0 Å². The molecule has 4 N–H and O–H groups in total. The molecule has 2 aromatic carbocycles. The number of nitrogens with zero attached hydrogens (tertiary/aromatic N) is 6. The van der Waals surface area contributed by atoms with Crippen molar-refractivity contribution in [2.24, 2.45) is 17.8 Å². The van der Waals surface area contributed by atoms with E-state index in [-0.39, 0.29) is 41.8 Å². The number of rotatable bonds is 12. The third-order valence-electron chi connectivity index (χ3n) is 15.2. The average Bonchev–Trinajstić information content (AvgIpc) is 4.18. The lowest BCUT2D eigenvalue weighted by molar-refractivity contribution is -0.137. The van der Waals surface area contributed by atoms with E-state index in [4.69, 9.17) is 29.2 Å². The number of thiazole rings is 1. The Hall–Kier alpha value is -6.76. The topological polar surface area (TPSA) is 202 Å². The number of halogens is 1. The molecular formula is C52H59FN10O7S. The Kier molecular flexibility index (Phi) is 12.1. The van der Waals surface area contributed by atoms with Gasteiger partial charge in [0.05, 0.1) is 76.7 Å². The van der Waals surface area contributed by atoms with Gasteiger partial charge >= 0.3 is 12.2 Å². The van der Waals surface area contributed by atoms with Gasteiger partial charge in [-0.25, -0.2) is 28.9 Å². The van der Waals surface area contributed by atoms with Crippen molar-refractivity contribution in [3.8, 4) is 39.5 Å². The van der Waals surface area contributed by atoms with E-state index in [1.54, 1.807) is 28.6 Å². The second kappa shape index (κ2) is 18.4. The summed E-state index contributed by atoms with van der Waals surface area (Å²) in [6.45, 7) is 8.07. The predicted molar refractivity (Wildman–Crippen MR) is 263 cm³/mol. The van der Waals surface area contributed by atoms with E-state index in [1.807, 2.05) is 63.1 Å². The zero-order valence-corrected chi connectivity index (χ0v) is 41.5. The molecule has 0 radical (unpaired) electrons. The minimum atomic E-state index is -0.773. The first kappa shape index (κ1) is 46.6. The number of carbonyl (C=O) groups is 4. The summed E-state index contributed by atoms with van der Waals surface area (Å²) in [5.74, 6) is 1.29. The number of H-pyrrole nitrogens is 2. The average molecular weight is 987 g/mol. The summed E-state index contributed by atoms with van der Waals surface area (Å²) in [5.41, 5.74) is 4.63. The molecule has 0 bridgehead atoms. The molecule has 17 nitrogen and oxygen atoms in total. The van der Waals surface area contributed by atoms with Crippen LogP contribution in [0.5, 0.6) is 5.75 Å². The van der Waals surface area contributed by atoms with E-state index in [1.165, 1.54) is 33.1 Å². The molecule has 4 amide bonds. The monoisotopic (exact) mass is 986 g/mol. The van der Waals surface area contributed by atoms with Gasteiger partial charge in [0.1, 0.15) is 35.3 Å². The quantitative estimate of drug-likeness (QED) is 0.0915. The summed E-state index contributed by atoms with van der Waals surface area (Å²) in [6, 6.07) is 9.45. The van der Waals surface area contributed by atoms with Gasteiger partial charge in [-0.15, -0.1) is 11.3 Å². The number of hydrogen-bond donors (Lipinski definition) is 4. The Bertz CT molecular complexity index is 3040. The molecule has 7 atom stereocenters. The Morgan fingerprint density at radius 2 is 1.46 bits per heavy atom. The van der Waals surface area contributed by atoms with Gasteiger partial charge in [-0.1, -0.05) is 46.6 Å². The van der Waals surface area contributed by atoms with Gasteiger partial charge in [-0.05, 0) is 86.6 Å². The third kappa shape index (κ3) is 8.38. The molecule has 19 heteroatoms. The number of piperidine rings is 1. The van der Waals surface area contributed by atoms with E-state index >= 15 is 4.39 Å². The Morgan fingerprint density at radius 3 is 2.15 bits per heavy atom. The number of imidazole rings is 2. The number of benzene rings is 2. The molecule has 372 valence electrons. The molecule has 7 heterocycles. The molecule has 2 saturated heterocycles. The molecule has 2 aliphatic carbocycles. The number of amides is 4. The van der Waals surface area contributed by atoms with Crippen molar-refractivity contribution in [3.63, 3.8) is 0 Å². The standard InChI is InChI=1S/C52H59FN10O7S/c1-25(2)43(59-51(66)68-5)48(64)61-15-9-12-36(61)45-54-23-34(58-45)29-17-32(53)42-38-19-30-16-28(13-14-35(30)63(38)50(70-40(42)21-29)41-24-56-47(71-41)27-10-7-8-11-27)33-22-55-46(57-33)39-20-31-18-37(31)62(39)49(65)44(26(3)4)60-52(67)69-6/h13-14,16-17,19,21-27,31,36-37,39,43-44,50H,7-12,15,18,20H2,1-6H3,(H,54,58)(H,55,57)(H,59,66)(H,60,67)/t31-,36+,37-,39+,43+,44?,50?/m1/s1. The molecule has 6 aromatic rings. The number of nitrogens with one attached hydrogen (secondary N) is 4. The highest BCUT2D eigenvalue weighted by Crippen LogP contribution is 2.54. The van der Waals surface area contributed by atoms with Crippen LogP contribution in [0.3, 0.4) is 0 Å². The third-order valence-corrected chi connectivity index (χ3v) is 16.4. The summed E-state index contributed by atoms with van der Waals surface area (Å²) in [5, 5.41) is 7.41. The lowest BCUT2D eigenvalue weighted by Gasteiger charge is -2.31. The maximum Gasteiger partial charge on any atom is 0.407 e. The molecule has 11 rings (SSSR count). The lowest BCUT2D eigenvalue weighted by Crippen LogP contribution is -2.52. The zero-order valence-electron chi connectivity index (χ0n) is 40.7. The van der Waals surface area contributed by atoms with Crippen LogP contribution in [0.2, 0.25) is 0 Å². The van der Waals surface area contributed by atoms with Crippen LogP contribution in [0, 0.1) is 23.6 Å². The van der Waals surface area contributed by atoms with Crippen molar-refractivity contribution in [3.05, 3.63) is 82.3 Å². The van der Waals surface area contributed by atoms with E-state index in [9.17, 15) is 19.2 Å². The first-order valence-electron chi connectivity index (χ1n) is 24.8. The number of carbonyl (C=O) groups excluding carboxylic acids is 4. The zero-order chi connectivity index (χ0) is 49.4.